The van der Waals surface area contributed by atoms with E-state index in [1.165, 1.54) is 0 Å². The first-order valence-electron chi connectivity index (χ1n) is 6.68. The van der Waals surface area contributed by atoms with Crippen LogP contribution in [0.25, 0.3) is 10.8 Å². The molecule has 0 aliphatic carbocycles. The number of carbonyl (C=O) groups is 1. The summed E-state index contributed by atoms with van der Waals surface area (Å²) < 4.78 is 1.12. The van der Waals surface area contributed by atoms with E-state index in [4.69, 9.17) is 0 Å². The van der Waals surface area contributed by atoms with E-state index in [1.807, 2.05) is 61.6 Å². The number of hydrogen-bond donors (Lipinski definition) is 0. The van der Waals surface area contributed by atoms with E-state index in [0.29, 0.717) is 5.56 Å². The van der Waals surface area contributed by atoms with Crippen LogP contribution in [0.2, 0.25) is 0 Å². The highest BCUT2D eigenvalue weighted by atomic mass is 127. The first-order valence-corrected chi connectivity index (χ1v) is 7.76. The number of hydrogen-bond acceptors (Lipinski definition) is 1. The number of amides is 1. The van der Waals surface area contributed by atoms with Gasteiger partial charge in [0.05, 0.1) is 5.69 Å². The van der Waals surface area contributed by atoms with Crippen molar-refractivity contribution in [3.63, 3.8) is 0 Å². The molecule has 0 aliphatic rings. The van der Waals surface area contributed by atoms with Gasteiger partial charge in [0.25, 0.3) is 5.91 Å². The van der Waals surface area contributed by atoms with Crippen LogP contribution < -0.4 is 4.90 Å². The normalized spacial score (nSPS) is 10.6. The topological polar surface area (TPSA) is 20.3 Å². The fourth-order valence-electron chi connectivity index (χ4n) is 2.40. The summed E-state index contributed by atoms with van der Waals surface area (Å²) in [5.74, 6) is 0.00255. The largest absolute Gasteiger partial charge is 0.311 e. The van der Waals surface area contributed by atoms with Gasteiger partial charge in [-0.25, -0.2) is 0 Å². The van der Waals surface area contributed by atoms with E-state index in [0.717, 1.165) is 20.0 Å². The molecule has 0 aromatic heterocycles. The maximum absolute atomic E-state index is 12.6. The molecule has 3 aromatic rings. The Morgan fingerprint density at radius 3 is 2.33 bits per heavy atom. The molecule has 1 amide bonds. The Bertz CT molecular complexity index is 790. The third kappa shape index (κ3) is 2.78. The molecule has 0 atom stereocenters. The van der Waals surface area contributed by atoms with Crippen LogP contribution in [0.15, 0.2) is 66.7 Å². The number of anilines is 1. The summed E-state index contributed by atoms with van der Waals surface area (Å²) in [6.07, 6.45) is 0. The molecule has 0 saturated carbocycles. The Hall–Kier alpha value is -1.88. The Morgan fingerprint density at radius 1 is 0.905 bits per heavy atom. The maximum atomic E-state index is 12.6. The molecule has 0 saturated heterocycles. The first-order chi connectivity index (χ1) is 10.2. The van der Waals surface area contributed by atoms with Crippen molar-refractivity contribution >= 4 is 45.0 Å². The van der Waals surface area contributed by atoms with Crippen LogP contribution in [0.5, 0.6) is 0 Å². The SMILES string of the molecule is CN(C(=O)c1ccc(I)cc1)c1cccc2ccccc12. The minimum absolute atomic E-state index is 0.00255. The first kappa shape index (κ1) is 14.1. The lowest BCUT2D eigenvalue weighted by Gasteiger charge is -2.19. The van der Waals surface area contributed by atoms with Gasteiger partial charge in [0.15, 0.2) is 0 Å². The molecule has 0 fully saturated rings. The second kappa shape index (κ2) is 5.85. The van der Waals surface area contributed by atoms with Gasteiger partial charge in [-0.1, -0.05) is 36.4 Å². The smallest absolute Gasteiger partial charge is 0.258 e. The lowest BCUT2D eigenvalue weighted by atomic mass is 10.1. The van der Waals surface area contributed by atoms with Gasteiger partial charge in [0, 0.05) is 21.6 Å². The molecule has 3 aromatic carbocycles. The molecule has 3 rings (SSSR count). The monoisotopic (exact) mass is 387 g/mol. The average Bonchev–Trinajstić information content (AvgIpc) is 2.53. The van der Waals surface area contributed by atoms with Crippen LogP contribution in [-0.4, -0.2) is 13.0 Å². The molecule has 0 radical (unpaired) electrons. The number of nitrogens with zero attached hydrogens (tertiary/aromatic N) is 1. The third-order valence-electron chi connectivity index (χ3n) is 3.52. The van der Waals surface area contributed by atoms with Crippen LogP contribution in [-0.2, 0) is 0 Å². The Morgan fingerprint density at radius 2 is 1.57 bits per heavy atom. The van der Waals surface area contributed by atoms with Crippen LogP contribution >= 0.6 is 22.6 Å². The van der Waals surface area contributed by atoms with Crippen molar-refractivity contribution in [1.29, 1.82) is 0 Å². The third-order valence-corrected chi connectivity index (χ3v) is 4.24. The summed E-state index contributed by atoms with van der Waals surface area (Å²) in [5, 5.41) is 2.22. The fraction of sp³-hybridized carbons (Fsp3) is 0.0556. The molecule has 0 unspecified atom stereocenters. The lowest BCUT2D eigenvalue weighted by Crippen LogP contribution is -2.26. The van der Waals surface area contributed by atoms with Crippen molar-refractivity contribution in [3.05, 3.63) is 75.9 Å². The predicted molar refractivity (Wildman–Crippen MR) is 95.8 cm³/mol. The summed E-state index contributed by atoms with van der Waals surface area (Å²) >= 11 is 2.24. The van der Waals surface area contributed by atoms with Gasteiger partial charge >= 0.3 is 0 Å². The van der Waals surface area contributed by atoms with E-state index >= 15 is 0 Å². The van der Waals surface area contributed by atoms with Gasteiger partial charge in [-0.05, 0) is 58.3 Å². The molecule has 0 aliphatic heterocycles. The standard InChI is InChI=1S/C18H14INO/c1-20(18(21)14-9-11-15(19)12-10-14)17-8-4-6-13-5-2-3-7-16(13)17/h2-12H,1H3. The summed E-state index contributed by atoms with van der Waals surface area (Å²) in [6.45, 7) is 0. The molecule has 3 heteroatoms. The second-order valence-electron chi connectivity index (χ2n) is 4.87. The van der Waals surface area contributed by atoms with Crippen molar-refractivity contribution in [2.75, 3.05) is 11.9 Å². The van der Waals surface area contributed by atoms with Crippen molar-refractivity contribution in [2.24, 2.45) is 0 Å². The van der Waals surface area contributed by atoms with E-state index in [1.54, 1.807) is 4.90 Å². The molecule has 21 heavy (non-hydrogen) atoms. The Labute approximate surface area is 137 Å². The second-order valence-corrected chi connectivity index (χ2v) is 6.11. The molecule has 0 bridgehead atoms. The number of halogens is 1. The molecule has 0 heterocycles. The minimum atomic E-state index is 0.00255. The van der Waals surface area contributed by atoms with Gasteiger partial charge in [-0.3, -0.25) is 4.79 Å². The van der Waals surface area contributed by atoms with Crippen molar-refractivity contribution in [3.8, 4) is 0 Å². The molecule has 0 spiro atoms. The van der Waals surface area contributed by atoms with Crippen LogP contribution in [0.3, 0.4) is 0 Å². The summed E-state index contributed by atoms with van der Waals surface area (Å²) in [4.78, 5) is 14.3. The Kier molecular flexibility index (Phi) is 3.92. The van der Waals surface area contributed by atoms with Crippen LogP contribution in [0.1, 0.15) is 10.4 Å². The van der Waals surface area contributed by atoms with E-state index < -0.39 is 0 Å². The highest BCUT2D eigenvalue weighted by molar-refractivity contribution is 14.1. The summed E-state index contributed by atoms with van der Waals surface area (Å²) in [6, 6.07) is 21.8. The van der Waals surface area contributed by atoms with Gasteiger partial charge in [-0.15, -0.1) is 0 Å². The van der Waals surface area contributed by atoms with Gasteiger partial charge in [0.2, 0.25) is 0 Å². The molecule has 104 valence electrons. The van der Waals surface area contributed by atoms with Gasteiger partial charge in [0.1, 0.15) is 0 Å². The zero-order chi connectivity index (χ0) is 14.8. The van der Waals surface area contributed by atoms with Crippen molar-refractivity contribution in [2.45, 2.75) is 0 Å². The van der Waals surface area contributed by atoms with Crippen molar-refractivity contribution in [1.82, 2.24) is 0 Å². The Balaban J connectivity index is 2.02. The fourth-order valence-corrected chi connectivity index (χ4v) is 2.76. The number of fused-ring (bicyclic) bond motifs is 1. The van der Waals surface area contributed by atoms with Gasteiger partial charge in [-0.2, -0.15) is 0 Å². The summed E-state index contributed by atoms with van der Waals surface area (Å²) in [7, 11) is 1.82. The quantitative estimate of drug-likeness (QED) is 0.583. The van der Waals surface area contributed by atoms with Crippen molar-refractivity contribution < 1.29 is 4.79 Å². The highest BCUT2D eigenvalue weighted by Crippen LogP contribution is 2.26. The van der Waals surface area contributed by atoms with E-state index in [9.17, 15) is 4.79 Å². The van der Waals surface area contributed by atoms with E-state index in [2.05, 4.69) is 34.7 Å². The molecule has 0 N–H and O–H groups in total. The van der Waals surface area contributed by atoms with Crippen LogP contribution in [0.4, 0.5) is 5.69 Å². The number of rotatable bonds is 2. The number of carbonyl (C=O) groups excluding carboxylic acids is 1. The molecular formula is C18H14INO. The summed E-state index contributed by atoms with van der Waals surface area (Å²) in [5.41, 5.74) is 1.63. The van der Waals surface area contributed by atoms with Crippen LogP contribution in [0, 0.1) is 3.57 Å². The van der Waals surface area contributed by atoms with E-state index in [-0.39, 0.29) is 5.91 Å². The zero-order valence-corrected chi connectivity index (χ0v) is 13.7. The predicted octanol–water partition coefficient (Wildman–Crippen LogP) is 4.72. The minimum Gasteiger partial charge on any atom is -0.311 e. The maximum Gasteiger partial charge on any atom is 0.258 e. The van der Waals surface area contributed by atoms with Gasteiger partial charge < -0.3 is 4.90 Å². The highest BCUT2D eigenvalue weighted by Gasteiger charge is 2.15. The molecule has 2 nitrogen and oxygen atoms in total. The zero-order valence-electron chi connectivity index (χ0n) is 11.6. The lowest BCUT2D eigenvalue weighted by molar-refractivity contribution is 0.0993. The number of benzene rings is 3. The average molecular weight is 387 g/mol. The molecular weight excluding hydrogens is 373 g/mol.